The second kappa shape index (κ2) is 8.53. The molecule has 4 aromatic rings. The zero-order valence-electron chi connectivity index (χ0n) is 19.0. The molecule has 9 nitrogen and oxygen atoms in total. The summed E-state index contributed by atoms with van der Waals surface area (Å²) < 4.78 is 31.6. The van der Waals surface area contributed by atoms with Crippen LogP contribution in [0.25, 0.3) is 22.7 Å². The van der Waals surface area contributed by atoms with Gasteiger partial charge in [-0.15, -0.1) is 10.2 Å². The summed E-state index contributed by atoms with van der Waals surface area (Å²) in [6.45, 7) is 1.30. The molecule has 0 saturated carbocycles. The first kappa shape index (κ1) is 21.3. The minimum Gasteiger partial charge on any atom is -0.454 e. The molecule has 2 aliphatic rings. The van der Waals surface area contributed by atoms with Gasteiger partial charge in [-0.2, -0.15) is 5.10 Å². The molecule has 0 bridgehead atoms. The summed E-state index contributed by atoms with van der Waals surface area (Å²) in [4.78, 5) is 15.1. The standard InChI is InChI=1S/C25H22FN5O4/c1-30-20(12-19(29-30)15-4-7-18(26)8-5-15)25(32)31-10-2-3-17(13-31)24-28-27-23(35-24)16-6-9-21-22(11-16)34-14-33-21/h4-9,11-12,17H,2-3,10,13-14H2,1H3. The lowest BCUT2D eigenvalue weighted by atomic mass is 9.97. The second-order valence-corrected chi connectivity index (χ2v) is 8.65. The minimum absolute atomic E-state index is 0.0623. The van der Waals surface area contributed by atoms with Crippen LogP contribution in [0.1, 0.15) is 35.1 Å². The van der Waals surface area contributed by atoms with E-state index in [-0.39, 0.29) is 24.4 Å². The monoisotopic (exact) mass is 475 g/mol. The zero-order chi connectivity index (χ0) is 23.9. The molecule has 4 heterocycles. The second-order valence-electron chi connectivity index (χ2n) is 8.65. The van der Waals surface area contributed by atoms with Crippen LogP contribution in [0.3, 0.4) is 0 Å². The average molecular weight is 475 g/mol. The summed E-state index contributed by atoms with van der Waals surface area (Å²) in [7, 11) is 1.73. The fraction of sp³-hybridized carbons (Fsp3) is 0.280. The summed E-state index contributed by atoms with van der Waals surface area (Å²) >= 11 is 0. The Morgan fingerprint density at radius 1 is 1.03 bits per heavy atom. The predicted molar refractivity (Wildman–Crippen MR) is 122 cm³/mol. The Labute approximate surface area is 200 Å². The lowest BCUT2D eigenvalue weighted by molar-refractivity contribution is 0.0687. The largest absolute Gasteiger partial charge is 0.454 e. The number of rotatable bonds is 4. The summed E-state index contributed by atoms with van der Waals surface area (Å²) in [5.74, 6) is 1.74. The number of nitrogens with zero attached hydrogens (tertiary/aromatic N) is 5. The van der Waals surface area contributed by atoms with Crippen molar-refractivity contribution in [3.05, 3.63) is 65.9 Å². The number of benzene rings is 2. The van der Waals surface area contributed by atoms with Gasteiger partial charge in [0, 0.05) is 31.3 Å². The van der Waals surface area contributed by atoms with Crippen LogP contribution in [0.5, 0.6) is 11.5 Å². The molecule has 0 radical (unpaired) electrons. The Morgan fingerprint density at radius 2 is 1.83 bits per heavy atom. The van der Waals surface area contributed by atoms with Crippen LogP contribution in [-0.2, 0) is 7.05 Å². The molecule has 178 valence electrons. The SMILES string of the molecule is Cn1nc(-c2ccc(F)cc2)cc1C(=O)N1CCCC(c2nnc(-c3ccc4c(c3)OCO4)o2)C1. The number of carbonyl (C=O) groups excluding carboxylic acids is 1. The predicted octanol–water partition coefficient (Wildman–Crippen LogP) is 4.02. The number of hydrogen-bond acceptors (Lipinski definition) is 7. The summed E-state index contributed by atoms with van der Waals surface area (Å²) in [5, 5.41) is 12.9. The molecule has 10 heteroatoms. The number of piperidine rings is 1. The maximum Gasteiger partial charge on any atom is 0.272 e. The van der Waals surface area contributed by atoms with Crippen LogP contribution < -0.4 is 9.47 Å². The van der Waals surface area contributed by atoms with E-state index in [0.29, 0.717) is 47.8 Å². The molecular formula is C25H22FN5O4. The van der Waals surface area contributed by atoms with Gasteiger partial charge >= 0.3 is 0 Å². The highest BCUT2D eigenvalue weighted by Crippen LogP contribution is 2.36. The lowest BCUT2D eigenvalue weighted by Gasteiger charge is -2.31. The van der Waals surface area contributed by atoms with Gasteiger partial charge in [0.25, 0.3) is 5.91 Å². The van der Waals surface area contributed by atoms with Gasteiger partial charge < -0.3 is 18.8 Å². The van der Waals surface area contributed by atoms with Crippen LogP contribution >= 0.6 is 0 Å². The van der Waals surface area contributed by atoms with Crippen LogP contribution in [-0.4, -0.2) is 50.7 Å². The van der Waals surface area contributed by atoms with Crippen molar-refractivity contribution in [1.29, 1.82) is 0 Å². The van der Waals surface area contributed by atoms with Crippen molar-refractivity contribution in [3.63, 3.8) is 0 Å². The van der Waals surface area contributed by atoms with Gasteiger partial charge in [-0.25, -0.2) is 4.39 Å². The Morgan fingerprint density at radius 3 is 2.69 bits per heavy atom. The molecular weight excluding hydrogens is 453 g/mol. The topological polar surface area (TPSA) is 95.5 Å². The molecule has 1 unspecified atom stereocenters. The molecule has 2 aliphatic heterocycles. The van der Waals surface area contributed by atoms with Gasteiger partial charge in [-0.3, -0.25) is 9.48 Å². The molecule has 0 aliphatic carbocycles. The Balaban J connectivity index is 1.19. The number of hydrogen-bond donors (Lipinski definition) is 0. The fourth-order valence-electron chi connectivity index (χ4n) is 4.50. The van der Waals surface area contributed by atoms with Crippen LogP contribution in [0.2, 0.25) is 0 Å². The minimum atomic E-state index is -0.317. The fourth-order valence-corrected chi connectivity index (χ4v) is 4.50. The number of aryl methyl sites for hydroxylation is 1. The lowest BCUT2D eigenvalue weighted by Crippen LogP contribution is -2.40. The van der Waals surface area contributed by atoms with E-state index in [1.165, 1.54) is 12.1 Å². The molecule has 1 saturated heterocycles. The van der Waals surface area contributed by atoms with Crippen LogP contribution in [0, 0.1) is 5.82 Å². The maximum absolute atomic E-state index is 13.3. The van der Waals surface area contributed by atoms with E-state index in [0.717, 1.165) is 24.0 Å². The molecule has 1 amide bonds. The quantitative estimate of drug-likeness (QED) is 0.440. The molecule has 35 heavy (non-hydrogen) atoms. The van der Waals surface area contributed by atoms with E-state index in [9.17, 15) is 9.18 Å². The van der Waals surface area contributed by atoms with Crippen molar-refractivity contribution in [3.8, 4) is 34.2 Å². The third-order valence-electron chi connectivity index (χ3n) is 6.36. The van der Waals surface area contributed by atoms with Crippen molar-refractivity contribution in [2.45, 2.75) is 18.8 Å². The van der Waals surface area contributed by atoms with Crippen molar-refractivity contribution < 1.29 is 23.1 Å². The van der Waals surface area contributed by atoms with Gasteiger partial charge in [0.05, 0.1) is 11.6 Å². The van der Waals surface area contributed by atoms with Crippen molar-refractivity contribution in [1.82, 2.24) is 24.9 Å². The van der Waals surface area contributed by atoms with Crippen molar-refractivity contribution >= 4 is 5.91 Å². The number of likely N-dealkylation sites (tertiary alicyclic amines) is 1. The van der Waals surface area contributed by atoms with Gasteiger partial charge in [-0.1, -0.05) is 0 Å². The first-order valence-corrected chi connectivity index (χ1v) is 11.4. The molecule has 6 rings (SSSR count). The third-order valence-corrected chi connectivity index (χ3v) is 6.36. The maximum atomic E-state index is 13.3. The van der Waals surface area contributed by atoms with E-state index >= 15 is 0 Å². The normalized spacial score (nSPS) is 17.1. The smallest absolute Gasteiger partial charge is 0.272 e. The average Bonchev–Trinajstić information content (AvgIpc) is 3.63. The third kappa shape index (κ3) is 4.01. The zero-order valence-corrected chi connectivity index (χ0v) is 19.0. The molecule has 1 atom stereocenters. The van der Waals surface area contributed by atoms with Gasteiger partial charge in [-0.05, 0) is 61.4 Å². The van der Waals surface area contributed by atoms with Gasteiger partial charge in [0.1, 0.15) is 11.5 Å². The Hall–Kier alpha value is -4.21. The van der Waals surface area contributed by atoms with Crippen molar-refractivity contribution in [2.75, 3.05) is 19.9 Å². The highest BCUT2D eigenvalue weighted by Gasteiger charge is 2.30. The molecule has 2 aromatic carbocycles. The first-order valence-electron chi connectivity index (χ1n) is 11.4. The number of ether oxygens (including phenoxy) is 2. The van der Waals surface area contributed by atoms with Gasteiger partial charge in [0.2, 0.25) is 18.6 Å². The number of halogens is 1. The van der Waals surface area contributed by atoms with E-state index in [2.05, 4.69) is 15.3 Å². The van der Waals surface area contributed by atoms with Gasteiger partial charge in [0.15, 0.2) is 11.5 Å². The highest BCUT2D eigenvalue weighted by molar-refractivity contribution is 5.93. The Kier molecular flexibility index (Phi) is 5.20. The molecule has 2 aromatic heterocycles. The number of amides is 1. The van der Waals surface area contributed by atoms with Crippen molar-refractivity contribution in [2.24, 2.45) is 7.05 Å². The Bertz CT molecular complexity index is 1400. The molecule has 0 N–H and O–H groups in total. The van der Waals surface area contributed by atoms with E-state index < -0.39 is 0 Å². The number of carbonyl (C=O) groups is 1. The van der Waals surface area contributed by atoms with Crippen LogP contribution in [0.4, 0.5) is 4.39 Å². The molecule has 1 fully saturated rings. The number of aromatic nitrogens is 4. The highest BCUT2D eigenvalue weighted by atomic mass is 19.1. The van der Waals surface area contributed by atoms with E-state index in [1.807, 2.05) is 18.2 Å². The summed E-state index contributed by atoms with van der Waals surface area (Å²) in [6.07, 6.45) is 1.67. The summed E-state index contributed by atoms with van der Waals surface area (Å²) in [6, 6.07) is 13.3. The number of fused-ring (bicyclic) bond motifs is 1. The van der Waals surface area contributed by atoms with E-state index in [4.69, 9.17) is 13.9 Å². The van der Waals surface area contributed by atoms with Crippen LogP contribution in [0.15, 0.2) is 52.9 Å². The first-order chi connectivity index (χ1) is 17.0. The van der Waals surface area contributed by atoms with E-state index in [1.54, 1.807) is 34.8 Å². The molecule has 0 spiro atoms. The summed E-state index contributed by atoms with van der Waals surface area (Å²) in [5.41, 5.74) is 2.59.